The van der Waals surface area contributed by atoms with Crippen LogP contribution in [-0.4, -0.2) is 11.0 Å². The van der Waals surface area contributed by atoms with Gasteiger partial charge in [0.2, 0.25) is 0 Å². The van der Waals surface area contributed by atoms with Gasteiger partial charge in [0, 0.05) is 11.0 Å². The molecule has 0 fully saturated rings. The maximum absolute atomic E-state index is 2.10. The Morgan fingerprint density at radius 3 is 1.22 bits per heavy atom. The van der Waals surface area contributed by atoms with Crippen molar-refractivity contribution in [1.82, 2.24) is 0 Å². The van der Waals surface area contributed by atoms with Gasteiger partial charge < -0.3 is 0 Å². The molecule has 0 spiro atoms. The van der Waals surface area contributed by atoms with Crippen molar-refractivity contribution in [2.24, 2.45) is 0 Å². The quantitative estimate of drug-likeness (QED) is 0.589. The first-order valence-electron chi connectivity index (χ1n) is 5.40. The molecule has 18 heavy (non-hydrogen) atoms. The second-order valence-corrected chi connectivity index (χ2v) is 3.54. The zero-order valence-electron chi connectivity index (χ0n) is 10.1. The zero-order chi connectivity index (χ0) is 11.1. The molecule has 0 N–H and O–H groups in total. The topological polar surface area (TPSA) is 0 Å². The van der Waals surface area contributed by atoms with E-state index in [4.69, 9.17) is 0 Å². The molecule has 2 rings (SSSR count). The van der Waals surface area contributed by atoms with Crippen LogP contribution in [-0.2, 0) is 21.7 Å². The fraction of sp³-hybridized carbons (Fsp3) is 0. The minimum absolute atomic E-state index is 0. The summed E-state index contributed by atoms with van der Waals surface area (Å²) >= 11 is 0. The normalized spacial score (nSPS) is 10.0. The first-order valence-corrected chi connectivity index (χ1v) is 5.40. The molecule has 0 aliphatic heterocycles. The number of allylic oxidation sites excluding steroid dienone is 2. The third-order valence-corrected chi connectivity index (χ3v) is 2.29. The summed E-state index contributed by atoms with van der Waals surface area (Å²) in [5, 5.41) is 0. The van der Waals surface area contributed by atoms with Crippen molar-refractivity contribution >= 4 is 23.1 Å². The average Bonchev–Trinajstić information content (AvgIpc) is 2.37. The van der Waals surface area contributed by atoms with Crippen molar-refractivity contribution in [3.05, 3.63) is 83.9 Å². The average molecular weight is 282 g/mol. The monoisotopic (exact) mass is 282 g/mol. The van der Waals surface area contributed by atoms with Gasteiger partial charge in [-0.2, -0.15) is 0 Å². The molecule has 0 aliphatic carbocycles. The molecule has 0 aliphatic rings. The van der Waals surface area contributed by atoms with Gasteiger partial charge in [-0.25, -0.2) is 0 Å². The van der Waals surface area contributed by atoms with Gasteiger partial charge in [-0.1, -0.05) is 85.0 Å². The van der Waals surface area contributed by atoms with Crippen molar-refractivity contribution < 1.29 is 21.7 Å². The molecule has 0 atom stereocenters. The minimum atomic E-state index is 0. The maximum atomic E-state index is 2.10. The van der Waals surface area contributed by atoms with E-state index in [1.165, 1.54) is 11.1 Å². The van der Waals surface area contributed by atoms with Gasteiger partial charge in [0.25, 0.3) is 0 Å². The first-order chi connectivity index (χ1) is 7.95. The number of hydrogen-bond acceptors (Lipinski definition) is 0. The van der Waals surface area contributed by atoms with Gasteiger partial charge in [-0.15, -0.1) is 0 Å². The summed E-state index contributed by atoms with van der Waals surface area (Å²) in [4.78, 5) is 0. The number of hydrogen-bond donors (Lipinski definition) is 0. The molecule has 0 nitrogen and oxygen atoms in total. The molecule has 0 saturated carbocycles. The van der Waals surface area contributed by atoms with Crippen molar-refractivity contribution in [2.45, 2.75) is 0 Å². The third kappa shape index (κ3) is 5.97. The Labute approximate surface area is 128 Å². The number of benzene rings is 2. The summed E-state index contributed by atoms with van der Waals surface area (Å²) in [5.41, 5.74) is 2.44. The third-order valence-electron chi connectivity index (χ3n) is 2.29. The van der Waals surface area contributed by atoms with Gasteiger partial charge in [0.1, 0.15) is 0 Å². The molecule has 0 saturated heterocycles. The summed E-state index contributed by atoms with van der Waals surface area (Å²) in [6, 6.07) is 20.6. The van der Waals surface area contributed by atoms with Crippen LogP contribution in [0.3, 0.4) is 0 Å². The molecule has 0 heterocycles. The Kier molecular flexibility index (Phi) is 9.21. The van der Waals surface area contributed by atoms with E-state index < -0.39 is 0 Å². The smallest absolute Gasteiger partial charge is 0.0622 e. The van der Waals surface area contributed by atoms with E-state index in [2.05, 4.69) is 48.6 Å². The van der Waals surface area contributed by atoms with Crippen LogP contribution in [0.2, 0.25) is 0 Å². The molecule has 2 aromatic carbocycles. The summed E-state index contributed by atoms with van der Waals surface area (Å²) < 4.78 is 0. The van der Waals surface area contributed by atoms with Gasteiger partial charge in [0.15, 0.2) is 0 Å². The SMILES string of the molecule is C(/C=C/c1ccccc1)=C\c1ccccc1.[Si].[Ti+2]. The second kappa shape index (κ2) is 9.84. The maximum Gasteiger partial charge on any atom is 2.00 e. The van der Waals surface area contributed by atoms with E-state index >= 15 is 0 Å². The van der Waals surface area contributed by atoms with E-state index in [0.29, 0.717) is 0 Å². The van der Waals surface area contributed by atoms with Gasteiger partial charge >= 0.3 is 21.7 Å². The summed E-state index contributed by atoms with van der Waals surface area (Å²) in [5.74, 6) is 0. The Morgan fingerprint density at radius 2 is 0.889 bits per heavy atom. The molecule has 0 unspecified atom stereocenters. The molecular formula is C16H14SiTi+2. The van der Waals surface area contributed by atoms with Crippen LogP contribution < -0.4 is 0 Å². The molecule has 4 radical (unpaired) electrons. The Morgan fingerprint density at radius 1 is 0.556 bits per heavy atom. The molecule has 2 heteroatoms. The van der Waals surface area contributed by atoms with E-state index in [1.54, 1.807) is 0 Å². The van der Waals surface area contributed by atoms with Crippen molar-refractivity contribution in [3.8, 4) is 0 Å². The van der Waals surface area contributed by atoms with Gasteiger partial charge in [0.05, 0.1) is 0 Å². The Bertz CT molecular complexity index is 427. The minimum Gasteiger partial charge on any atom is -0.0622 e. The molecule has 0 bridgehead atoms. The fourth-order valence-corrected chi connectivity index (χ4v) is 1.46. The van der Waals surface area contributed by atoms with Crippen LogP contribution in [0.4, 0.5) is 0 Å². The van der Waals surface area contributed by atoms with Crippen LogP contribution in [0.5, 0.6) is 0 Å². The van der Waals surface area contributed by atoms with E-state index in [9.17, 15) is 0 Å². The van der Waals surface area contributed by atoms with Crippen LogP contribution in [0.15, 0.2) is 72.8 Å². The standard InChI is InChI=1S/C16H14.Si.Ti/c1-3-9-15(10-4-1)13-7-8-14-16-11-5-2-6-12-16;;/h1-14H;;/q;;+2/b13-7+,14-8+;;. The van der Waals surface area contributed by atoms with E-state index in [-0.39, 0.29) is 32.7 Å². The molecule has 2 aromatic rings. The van der Waals surface area contributed by atoms with Crippen LogP contribution >= 0.6 is 0 Å². The van der Waals surface area contributed by atoms with E-state index in [1.807, 2.05) is 36.4 Å². The zero-order valence-corrected chi connectivity index (χ0v) is 12.6. The molecular weight excluding hydrogens is 268 g/mol. The summed E-state index contributed by atoms with van der Waals surface area (Å²) in [6.45, 7) is 0. The predicted octanol–water partition coefficient (Wildman–Crippen LogP) is 4.03. The predicted molar refractivity (Wildman–Crippen MR) is 76.7 cm³/mol. The van der Waals surface area contributed by atoms with E-state index in [0.717, 1.165) is 0 Å². The number of rotatable bonds is 3. The molecule has 0 aromatic heterocycles. The summed E-state index contributed by atoms with van der Waals surface area (Å²) in [7, 11) is 0. The second-order valence-electron chi connectivity index (χ2n) is 3.54. The molecule has 84 valence electrons. The van der Waals surface area contributed by atoms with Crippen molar-refractivity contribution in [3.63, 3.8) is 0 Å². The van der Waals surface area contributed by atoms with Crippen molar-refractivity contribution in [1.29, 1.82) is 0 Å². The van der Waals surface area contributed by atoms with Crippen LogP contribution in [0.25, 0.3) is 12.2 Å². The van der Waals surface area contributed by atoms with Crippen molar-refractivity contribution in [2.75, 3.05) is 0 Å². The van der Waals surface area contributed by atoms with Crippen LogP contribution in [0, 0.1) is 0 Å². The molecule has 0 amide bonds. The Hall–Kier alpha value is -1.15. The fourth-order valence-electron chi connectivity index (χ4n) is 1.46. The largest absolute Gasteiger partial charge is 2.00 e. The first kappa shape index (κ1) is 16.9. The van der Waals surface area contributed by atoms with Gasteiger partial charge in [-0.05, 0) is 11.1 Å². The summed E-state index contributed by atoms with van der Waals surface area (Å²) in [6.07, 6.45) is 8.31. The Balaban J connectivity index is 0.00000144. The van der Waals surface area contributed by atoms with Gasteiger partial charge in [-0.3, -0.25) is 0 Å². The van der Waals surface area contributed by atoms with Crippen LogP contribution in [0.1, 0.15) is 11.1 Å².